The smallest absolute Gasteiger partial charge is 0.411 e. The lowest BCUT2D eigenvalue weighted by Crippen LogP contribution is -2.32. The van der Waals surface area contributed by atoms with Crippen LogP contribution in [0.5, 0.6) is 0 Å². The molecule has 0 saturated heterocycles. The molecule has 4 rings (SSSR count). The molecular weight excluding hydrogens is 350 g/mol. The number of amides is 1. The summed E-state index contributed by atoms with van der Waals surface area (Å²) < 4.78 is 7.10. The van der Waals surface area contributed by atoms with Gasteiger partial charge in [-0.3, -0.25) is 5.32 Å². The third-order valence-corrected chi connectivity index (χ3v) is 4.87. The summed E-state index contributed by atoms with van der Waals surface area (Å²) >= 11 is 0. The van der Waals surface area contributed by atoms with Crippen LogP contribution in [0.1, 0.15) is 6.92 Å². The molecule has 0 bridgehead atoms. The summed E-state index contributed by atoms with van der Waals surface area (Å²) in [6.45, 7) is 2.12. The fourth-order valence-electron chi connectivity index (χ4n) is 3.63. The number of nitrogens with one attached hydrogen (secondary N) is 1. The molecule has 0 aliphatic carbocycles. The molecule has 0 atom stereocenters. The standard InChI is InChI=1S/C23H21N3O2/c1-3-28-23(27)25-17-11-8-15(9-12-17)22-20-7-5-4-6-18(20)19-13-10-16(24)14-21(19)26(22)2/h4-14H,3H2,1-2H3,(H2,24,25,27)/p+1. The highest BCUT2D eigenvalue weighted by Crippen LogP contribution is 2.32. The lowest BCUT2D eigenvalue weighted by atomic mass is 9.99. The highest BCUT2D eigenvalue weighted by Gasteiger charge is 2.20. The maximum atomic E-state index is 11.6. The minimum Gasteiger partial charge on any atom is -0.450 e. The minimum absolute atomic E-state index is 0.339. The van der Waals surface area contributed by atoms with Gasteiger partial charge < -0.3 is 10.5 Å². The summed E-state index contributed by atoms with van der Waals surface area (Å²) in [7, 11) is 2.05. The molecule has 4 aromatic rings. The van der Waals surface area contributed by atoms with Crippen LogP contribution in [-0.4, -0.2) is 12.7 Å². The van der Waals surface area contributed by atoms with Crippen LogP contribution in [0.15, 0.2) is 66.7 Å². The van der Waals surface area contributed by atoms with Crippen molar-refractivity contribution >= 4 is 39.1 Å². The number of carbonyl (C=O) groups excluding carboxylic acids is 1. The first kappa shape index (κ1) is 17.8. The Morgan fingerprint density at radius 2 is 1.71 bits per heavy atom. The van der Waals surface area contributed by atoms with Gasteiger partial charge in [-0.2, -0.15) is 4.57 Å². The molecule has 1 heterocycles. The molecule has 0 fully saturated rings. The first-order chi connectivity index (χ1) is 13.6. The van der Waals surface area contributed by atoms with Crippen molar-refractivity contribution in [1.29, 1.82) is 0 Å². The number of hydrogen-bond acceptors (Lipinski definition) is 3. The van der Waals surface area contributed by atoms with Gasteiger partial charge >= 0.3 is 6.09 Å². The summed E-state index contributed by atoms with van der Waals surface area (Å²) in [4.78, 5) is 11.6. The van der Waals surface area contributed by atoms with Crippen molar-refractivity contribution in [2.45, 2.75) is 6.92 Å². The van der Waals surface area contributed by atoms with E-state index in [2.05, 4.69) is 28.1 Å². The number of ether oxygens (including phenoxy) is 1. The predicted octanol–water partition coefficient (Wildman–Crippen LogP) is 4.64. The Morgan fingerprint density at radius 3 is 2.43 bits per heavy atom. The fourth-order valence-corrected chi connectivity index (χ4v) is 3.63. The van der Waals surface area contributed by atoms with Gasteiger partial charge in [0, 0.05) is 28.4 Å². The van der Waals surface area contributed by atoms with Crippen LogP contribution in [-0.2, 0) is 11.8 Å². The Morgan fingerprint density at radius 1 is 1.00 bits per heavy atom. The topological polar surface area (TPSA) is 68.2 Å². The molecular formula is C23H22N3O2+. The van der Waals surface area contributed by atoms with Crippen molar-refractivity contribution in [2.75, 3.05) is 17.7 Å². The average molecular weight is 372 g/mol. The van der Waals surface area contributed by atoms with Crippen LogP contribution in [0.25, 0.3) is 32.9 Å². The van der Waals surface area contributed by atoms with E-state index in [0.717, 1.165) is 33.2 Å². The maximum Gasteiger partial charge on any atom is 0.411 e. The van der Waals surface area contributed by atoms with Crippen LogP contribution in [0.2, 0.25) is 0 Å². The zero-order valence-corrected chi connectivity index (χ0v) is 15.9. The summed E-state index contributed by atoms with van der Waals surface area (Å²) in [5.74, 6) is 0. The van der Waals surface area contributed by atoms with Gasteiger partial charge in [0.15, 0.2) is 0 Å². The second-order valence-corrected chi connectivity index (χ2v) is 6.65. The normalized spacial score (nSPS) is 10.9. The minimum atomic E-state index is -0.451. The summed E-state index contributed by atoms with van der Waals surface area (Å²) in [5, 5.41) is 6.23. The second-order valence-electron chi connectivity index (χ2n) is 6.65. The van der Waals surface area contributed by atoms with E-state index in [1.807, 2.05) is 55.6 Å². The van der Waals surface area contributed by atoms with E-state index in [1.165, 1.54) is 5.39 Å². The second kappa shape index (κ2) is 7.19. The average Bonchev–Trinajstić information content (AvgIpc) is 2.70. The molecule has 1 aromatic heterocycles. The van der Waals surface area contributed by atoms with Crippen LogP contribution in [0.4, 0.5) is 16.2 Å². The molecule has 1 amide bonds. The molecule has 0 radical (unpaired) electrons. The number of carbonyl (C=O) groups is 1. The Hall–Kier alpha value is -3.60. The van der Waals surface area contributed by atoms with Gasteiger partial charge in [0.05, 0.1) is 17.4 Å². The quantitative estimate of drug-likeness (QED) is 0.313. The lowest BCUT2D eigenvalue weighted by Gasteiger charge is -2.11. The lowest BCUT2D eigenvalue weighted by molar-refractivity contribution is -0.632. The highest BCUT2D eigenvalue weighted by atomic mass is 16.5. The zero-order chi connectivity index (χ0) is 19.7. The van der Waals surface area contributed by atoms with Gasteiger partial charge in [0.1, 0.15) is 7.05 Å². The van der Waals surface area contributed by atoms with Gasteiger partial charge in [0.25, 0.3) is 0 Å². The van der Waals surface area contributed by atoms with Crippen LogP contribution >= 0.6 is 0 Å². The molecule has 5 nitrogen and oxygen atoms in total. The molecule has 0 spiro atoms. The monoisotopic (exact) mass is 372 g/mol. The number of pyridine rings is 1. The summed E-state index contributed by atoms with van der Waals surface area (Å²) in [6, 6.07) is 22.1. The Labute approximate surface area is 163 Å². The number of nitrogen functional groups attached to an aromatic ring is 1. The van der Waals surface area contributed by atoms with Crippen molar-refractivity contribution in [1.82, 2.24) is 0 Å². The number of nitrogens with two attached hydrogens (primary N) is 1. The first-order valence-electron chi connectivity index (χ1n) is 9.22. The Balaban J connectivity index is 1.88. The molecule has 0 aliphatic heterocycles. The van der Waals surface area contributed by atoms with E-state index in [1.54, 1.807) is 6.92 Å². The van der Waals surface area contributed by atoms with Gasteiger partial charge in [0.2, 0.25) is 11.2 Å². The number of benzene rings is 3. The van der Waals surface area contributed by atoms with E-state index in [4.69, 9.17) is 10.5 Å². The van der Waals surface area contributed by atoms with Gasteiger partial charge in [-0.05, 0) is 49.4 Å². The Bertz CT molecular complexity index is 1180. The number of rotatable bonds is 3. The van der Waals surface area contributed by atoms with Crippen LogP contribution < -0.4 is 15.6 Å². The van der Waals surface area contributed by atoms with Crippen molar-refractivity contribution in [3.63, 3.8) is 0 Å². The van der Waals surface area contributed by atoms with Crippen LogP contribution in [0, 0.1) is 0 Å². The van der Waals surface area contributed by atoms with Crippen molar-refractivity contribution in [3.8, 4) is 11.3 Å². The molecule has 140 valence electrons. The SMILES string of the molecule is CCOC(=O)Nc1ccc(-c2c3ccccc3c3ccc(N)cc3[n+]2C)cc1. The summed E-state index contributed by atoms with van der Waals surface area (Å²) in [5.41, 5.74) is 10.7. The predicted molar refractivity (Wildman–Crippen MR) is 113 cm³/mol. The third-order valence-electron chi connectivity index (χ3n) is 4.87. The first-order valence-corrected chi connectivity index (χ1v) is 9.22. The van der Waals surface area contributed by atoms with Crippen molar-refractivity contribution in [3.05, 3.63) is 66.7 Å². The number of aryl methyl sites for hydroxylation is 1. The molecule has 0 unspecified atom stereocenters. The molecule has 5 heteroatoms. The van der Waals surface area contributed by atoms with E-state index in [-0.39, 0.29) is 0 Å². The molecule has 3 N–H and O–H groups in total. The van der Waals surface area contributed by atoms with E-state index >= 15 is 0 Å². The number of hydrogen-bond donors (Lipinski definition) is 2. The van der Waals surface area contributed by atoms with Gasteiger partial charge in [-0.25, -0.2) is 4.79 Å². The molecule has 3 aromatic carbocycles. The summed E-state index contributed by atoms with van der Waals surface area (Å²) in [6.07, 6.45) is -0.451. The zero-order valence-electron chi connectivity index (χ0n) is 15.9. The third kappa shape index (κ3) is 3.11. The van der Waals surface area contributed by atoms with E-state index in [0.29, 0.717) is 12.3 Å². The Kier molecular flexibility index (Phi) is 4.57. The van der Waals surface area contributed by atoms with E-state index < -0.39 is 6.09 Å². The molecule has 0 saturated carbocycles. The molecule has 28 heavy (non-hydrogen) atoms. The highest BCUT2D eigenvalue weighted by molar-refractivity contribution is 6.09. The van der Waals surface area contributed by atoms with Gasteiger partial charge in [-0.15, -0.1) is 0 Å². The maximum absolute atomic E-state index is 11.6. The number of anilines is 2. The fraction of sp³-hybridized carbons (Fsp3) is 0.130. The number of nitrogens with zero attached hydrogens (tertiary/aromatic N) is 1. The number of fused-ring (bicyclic) bond motifs is 3. The van der Waals surface area contributed by atoms with E-state index in [9.17, 15) is 4.79 Å². The largest absolute Gasteiger partial charge is 0.450 e. The van der Waals surface area contributed by atoms with Gasteiger partial charge in [-0.1, -0.05) is 18.2 Å². The van der Waals surface area contributed by atoms with Crippen molar-refractivity contribution in [2.24, 2.45) is 7.05 Å². The van der Waals surface area contributed by atoms with Crippen LogP contribution in [0.3, 0.4) is 0 Å². The van der Waals surface area contributed by atoms with Crippen molar-refractivity contribution < 1.29 is 14.1 Å². The molecule has 0 aliphatic rings. The number of aromatic nitrogens is 1.